The third kappa shape index (κ3) is 3.86. The van der Waals surface area contributed by atoms with Gasteiger partial charge in [0.2, 0.25) is 5.91 Å². The largest absolute Gasteiger partial charge is 0.337 e. The van der Waals surface area contributed by atoms with Crippen LogP contribution in [0.4, 0.5) is 0 Å². The number of nitriles is 1. The van der Waals surface area contributed by atoms with E-state index in [1.54, 1.807) is 6.92 Å². The van der Waals surface area contributed by atoms with E-state index in [4.69, 9.17) is 0 Å². The molecule has 0 unspecified atom stereocenters. The van der Waals surface area contributed by atoms with Crippen molar-refractivity contribution in [2.75, 3.05) is 6.54 Å². The van der Waals surface area contributed by atoms with E-state index >= 15 is 0 Å². The highest BCUT2D eigenvalue weighted by Crippen LogP contribution is 2.39. The molecule has 0 spiro atoms. The van der Waals surface area contributed by atoms with E-state index in [2.05, 4.69) is 28.7 Å². The van der Waals surface area contributed by atoms with Gasteiger partial charge in [-0.25, -0.2) is 0 Å². The molecule has 0 aromatic carbocycles. The first-order chi connectivity index (χ1) is 10.4. The summed E-state index contributed by atoms with van der Waals surface area (Å²) in [5.41, 5.74) is 0.387. The normalized spacial score (nSPS) is 19.8. The molecule has 1 aromatic rings. The molecule has 120 valence electrons. The Bertz CT molecular complexity index is 571. The van der Waals surface area contributed by atoms with Crippen LogP contribution >= 0.6 is 0 Å². The Kier molecular flexibility index (Phi) is 4.87. The topological polar surface area (TPSA) is 82.7 Å². The first-order valence-corrected chi connectivity index (χ1v) is 7.82. The van der Waals surface area contributed by atoms with E-state index in [-0.39, 0.29) is 24.5 Å². The van der Waals surface area contributed by atoms with Crippen molar-refractivity contribution < 1.29 is 4.79 Å². The molecule has 1 aromatic heterocycles. The molecular weight excluding hydrogens is 278 g/mol. The van der Waals surface area contributed by atoms with E-state index in [1.165, 1.54) is 0 Å². The van der Waals surface area contributed by atoms with Gasteiger partial charge in [0.15, 0.2) is 0 Å². The maximum Gasteiger partial charge on any atom is 0.235 e. The van der Waals surface area contributed by atoms with Crippen LogP contribution < -0.4 is 10.6 Å². The van der Waals surface area contributed by atoms with Crippen LogP contribution in [-0.4, -0.2) is 33.8 Å². The van der Waals surface area contributed by atoms with Gasteiger partial charge >= 0.3 is 0 Å². The molecule has 1 saturated carbocycles. The van der Waals surface area contributed by atoms with Crippen LogP contribution in [0.2, 0.25) is 0 Å². The molecule has 1 aliphatic carbocycles. The molecule has 0 radical (unpaired) electrons. The van der Waals surface area contributed by atoms with Gasteiger partial charge in [-0.1, -0.05) is 0 Å². The molecule has 2 N–H and O–H groups in total. The predicted molar refractivity (Wildman–Crippen MR) is 84.0 cm³/mol. The van der Waals surface area contributed by atoms with Crippen molar-refractivity contribution in [3.05, 3.63) is 18.0 Å². The second kappa shape index (κ2) is 6.49. The molecule has 0 bridgehead atoms. The monoisotopic (exact) mass is 303 g/mol. The first-order valence-electron chi connectivity index (χ1n) is 7.82. The van der Waals surface area contributed by atoms with Gasteiger partial charge in [-0.15, -0.1) is 0 Å². The average Bonchev–Trinajstić information content (AvgIpc) is 3.26. The van der Waals surface area contributed by atoms with Crippen molar-refractivity contribution in [3.8, 4) is 6.07 Å². The summed E-state index contributed by atoms with van der Waals surface area (Å²) in [5, 5.41) is 19.6. The van der Waals surface area contributed by atoms with Gasteiger partial charge < -0.3 is 10.6 Å². The number of aryl methyl sites for hydroxylation is 1. The number of carbonyl (C=O) groups excluding carboxylic acids is 1. The van der Waals surface area contributed by atoms with Gasteiger partial charge in [0.1, 0.15) is 5.54 Å². The third-order valence-electron chi connectivity index (χ3n) is 4.48. The third-order valence-corrected chi connectivity index (χ3v) is 4.48. The minimum atomic E-state index is -0.729. The zero-order valence-corrected chi connectivity index (χ0v) is 13.8. The van der Waals surface area contributed by atoms with Crippen molar-refractivity contribution in [2.24, 2.45) is 5.92 Å². The summed E-state index contributed by atoms with van der Waals surface area (Å²) in [4.78, 5) is 12.1. The van der Waals surface area contributed by atoms with Gasteiger partial charge in [0.25, 0.3) is 0 Å². The first kappa shape index (κ1) is 16.5. The number of carbonyl (C=O) groups is 1. The fraction of sp³-hybridized carbons (Fsp3) is 0.688. The fourth-order valence-corrected chi connectivity index (χ4v) is 2.52. The molecule has 0 saturated heterocycles. The minimum Gasteiger partial charge on any atom is -0.337 e. The van der Waals surface area contributed by atoms with Crippen molar-refractivity contribution in [1.82, 2.24) is 20.4 Å². The Balaban J connectivity index is 1.81. The van der Waals surface area contributed by atoms with Crippen molar-refractivity contribution in [2.45, 2.75) is 58.2 Å². The Hall–Kier alpha value is -1.87. The maximum absolute atomic E-state index is 12.1. The van der Waals surface area contributed by atoms with E-state index in [0.29, 0.717) is 5.92 Å². The van der Waals surface area contributed by atoms with E-state index in [1.807, 2.05) is 30.9 Å². The zero-order chi connectivity index (χ0) is 16.3. The maximum atomic E-state index is 12.1. The van der Waals surface area contributed by atoms with Gasteiger partial charge in [0, 0.05) is 12.2 Å². The minimum absolute atomic E-state index is 0.0966. The lowest BCUT2D eigenvalue weighted by Crippen LogP contribution is -2.51. The summed E-state index contributed by atoms with van der Waals surface area (Å²) in [6, 6.07) is 2.48. The summed E-state index contributed by atoms with van der Waals surface area (Å²) in [6.07, 6.45) is 5.85. The molecule has 1 amide bonds. The fourth-order valence-electron chi connectivity index (χ4n) is 2.52. The van der Waals surface area contributed by atoms with Crippen molar-refractivity contribution in [3.63, 3.8) is 0 Å². The SMILES string of the molecule is Cc1cnn([C@H](C)[C@@H](C)NCC(=O)N[C@](C)(C#N)C2CC2)c1. The number of hydrogen-bond acceptors (Lipinski definition) is 4. The standard InChI is InChI=1S/C16H25N5O/c1-11-7-19-21(9-11)13(3)12(2)18-8-15(22)20-16(4,10-17)14-5-6-14/h7,9,12-14,18H,5-6,8H2,1-4H3,(H,20,22)/t12-,13-,16-/m1/s1. The predicted octanol–water partition coefficient (Wildman–Crippen LogP) is 1.54. The van der Waals surface area contributed by atoms with Crippen LogP contribution in [0.25, 0.3) is 0 Å². The van der Waals surface area contributed by atoms with Crippen molar-refractivity contribution in [1.29, 1.82) is 5.26 Å². The van der Waals surface area contributed by atoms with Crippen LogP contribution in [0, 0.1) is 24.2 Å². The van der Waals surface area contributed by atoms with Crippen LogP contribution in [0.15, 0.2) is 12.4 Å². The number of hydrogen-bond donors (Lipinski definition) is 2. The molecule has 3 atom stereocenters. The molecular formula is C16H25N5O. The lowest BCUT2D eigenvalue weighted by atomic mass is 9.98. The van der Waals surface area contributed by atoms with Gasteiger partial charge in [-0.05, 0) is 52.0 Å². The number of nitrogens with one attached hydrogen (secondary N) is 2. The number of amides is 1. The van der Waals surface area contributed by atoms with E-state index < -0.39 is 5.54 Å². The molecule has 22 heavy (non-hydrogen) atoms. The van der Waals surface area contributed by atoms with E-state index in [9.17, 15) is 10.1 Å². The smallest absolute Gasteiger partial charge is 0.235 e. The molecule has 1 aliphatic rings. The summed E-state index contributed by atoms with van der Waals surface area (Å²) in [5.74, 6) is 0.163. The highest BCUT2D eigenvalue weighted by Gasteiger charge is 2.42. The number of aromatic nitrogens is 2. The Morgan fingerprint density at radius 2 is 2.27 bits per heavy atom. The lowest BCUT2D eigenvalue weighted by Gasteiger charge is -2.25. The number of rotatable bonds is 7. The van der Waals surface area contributed by atoms with Crippen molar-refractivity contribution >= 4 is 5.91 Å². The molecule has 2 rings (SSSR count). The Morgan fingerprint density at radius 3 is 2.77 bits per heavy atom. The molecule has 6 heteroatoms. The van der Waals surface area contributed by atoms with E-state index in [0.717, 1.165) is 18.4 Å². The average molecular weight is 303 g/mol. The van der Waals surface area contributed by atoms with Crippen LogP contribution in [-0.2, 0) is 4.79 Å². The van der Waals surface area contributed by atoms with Gasteiger partial charge in [-0.3, -0.25) is 9.48 Å². The second-order valence-electron chi connectivity index (χ2n) is 6.54. The quantitative estimate of drug-likeness (QED) is 0.800. The van der Waals surface area contributed by atoms with Gasteiger partial charge in [-0.2, -0.15) is 10.4 Å². The summed E-state index contributed by atoms with van der Waals surface area (Å²) in [7, 11) is 0. The molecule has 0 aliphatic heterocycles. The zero-order valence-electron chi connectivity index (χ0n) is 13.8. The molecule has 1 heterocycles. The summed E-state index contributed by atoms with van der Waals surface area (Å²) < 4.78 is 1.90. The van der Waals surface area contributed by atoms with Crippen LogP contribution in [0.5, 0.6) is 0 Å². The Morgan fingerprint density at radius 1 is 1.59 bits per heavy atom. The highest BCUT2D eigenvalue weighted by molar-refractivity contribution is 5.79. The second-order valence-corrected chi connectivity index (χ2v) is 6.54. The van der Waals surface area contributed by atoms with Crippen LogP contribution in [0.3, 0.4) is 0 Å². The van der Waals surface area contributed by atoms with Crippen LogP contribution in [0.1, 0.15) is 45.2 Å². The lowest BCUT2D eigenvalue weighted by molar-refractivity contribution is -0.121. The highest BCUT2D eigenvalue weighted by atomic mass is 16.2. The summed E-state index contributed by atoms with van der Waals surface area (Å²) >= 11 is 0. The molecule has 1 fully saturated rings. The Labute approximate surface area is 131 Å². The summed E-state index contributed by atoms with van der Waals surface area (Å²) in [6.45, 7) is 8.10. The number of nitrogens with zero attached hydrogens (tertiary/aromatic N) is 3. The van der Waals surface area contributed by atoms with Gasteiger partial charge in [0.05, 0.1) is 24.9 Å². The molecule has 6 nitrogen and oxygen atoms in total.